The fourth-order valence-electron chi connectivity index (χ4n) is 1.04. The topological polar surface area (TPSA) is 77.0 Å². The van der Waals surface area contributed by atoms with Gasteiger partial charge >= 0.3 is 5.97 Å². The summed E-state index contributed by atoms with van der Waals surface area (Å²) in [6.07, 6.45) is 2.97. The Morgan fingerprint density at radius 1 is 1.44 bits per heavy atom. The molecular formula is C9H8N4O2S. The highest BCUT2D eigenvalue weighted by molar-refractivity contribution is 7.13. The first kappa shape index (κ1) is 10.5. The minimum absolute atomic E-state index is 0.205. The van der Waals surface area contributed by atoms with E-state index in [0.717, 1.165) is 0 Å². The van der Waals surface area contributed by atoms with Crippen LogP contribution < -0.4 is 5.32 Å². The molecule has 0 spiro atoms. The molecule has 0 aliphatic heterocycles. The standard InChI is InChI=1S/C9H8N4O2S/c1-15-8(14)6-4-7(12-5-11-6)13-9-10-2-3-16-9/h2-5H,1H3,(H,10,11,12,13). The first-order valence-electron chi connectivity index (χ1n) is 4.36. The largest absolute Gasteiger partial charge is 0.464 e. The van der Waals surface area contributed by atoms with E-state index in [9.17, 15) is 4.79 Å². The number of rotatable bonds is 3. The first-order chi connectivity index (χ1) is 7.79. The first-order valence-corrected chi connectivity index (χ1v) is 5.24. The molecule has 0 aliphatic rings. The number of thiazole rings is 1. The Morgan fingerprint density at radius 3 is 3.00 bits per heavy atom. The third-order valence-electron chi connectivity index (χ3n) is 1.73. The number of carbonyl (C=O) groups excluding carboxylic acids is 1. The van der Waals surface area contributed by atoms with Crippen molar-refractivity contribution in [2.24, 2.45) is 0 Å². The third kappa shape index (κ3) is 2.31. The minimum Gasteiger partial charge on any atom is -0.464 e. The summed E-state index contributed by atoms with van der Waals surface area (Å²) in [4.78, 5) is 23.0. The Balaban J connectivity index is 2.19. The maximum absolute atomic E-state index is 11.2. The fourth-order valence-corrected chi connectivity index (χ4v) is 1.57. The molecule has 2 heterocycles. The minimum atomic E-state index is -0.496. The molecule has 0 fully saturated rings. The molecule has 0 atom stereocenters. The van der Waals surface area contributed by atoms with Gasteiger partial charge in [0.25, 0.3) is 0 Å². The fraction of sp³-hybridized carbons (Fsp3) is 0.111. The van der Waals surface area contributed by atoms with Crippen molar-refractivity contribution >= 4 is 28.3 Å². The molecule has 0 aromatic carbocycles. The molecule has 0 unspecified atom stereocenters. The van der Waals surface area contributed by atoms with Crippen molar-refractivity contribution in [2.75, 3.05) is 12.4 Å². The smallest absolute Gasteiger partial charge is 0.356 e. The number of hydrogen-bond acceptors (Lipinski definition) is 7. The molecule has 2 rings (SSSR count). The highest BCUT2D eigenvalue weighted by atomic mass is 32.1. The number of nitrogens with zero attached hydrogens (tertiary/aromatic N) is 3. The zero-order valence-corrected chi connectivity index (χ0v) is 9.19. The third-order valence-corrected chi connectivity index (χ3v) is 2.42. The highest BCUT2D eigenvalue weighted by Gasteiger charge is 2.08. The lowest BCUT2D eigenvalue weighted by Gasteiger charge is -2.02. The Labute approximate surface area is 95.3 Å². The summed E-state index contributed by atoms with van der Waals surface area (Å²) in [7, 11) is 1.30. The van der Waals surface area contributed by atoms with Crippen molar-refractivity contribution in [3.8, 4) is 0 Å². The zero-order valence-electron chi connectivity index (χ0n) is 8.38. The number of methoxy groups -OCH3 is 1. The van der Waals surface area contributed by atoms with Crippen LogP contribution in [0.1, 0.15) is 10.5 Å². The Hall–Kier alpha value is -2.02. The van der Waals surface area contributed by atoms with Gasteiger partial charge in [0.1, 0.15) is 12.1 Å². The molecule has 0 bridgehead atoms. The second kappa shape index (κ2) is 4.67. The molecule has 0 saturated heterocycles. The predicted octanol–water partition coefficient (Wildman–Crippen LogP) is 1.46. The van der Waals surface area contributed by atoms with Gasteiger partial charge in [0, 0.05) is 17.6 Å². The molecule has 2 aromatic heterocycles. The Bertz CT molecular complexity index is 486. The van der Waals surface area contributed by atoms with Crippen molar-refractivity contribution in [3.05, 3.63) is 29.7 Å². The van der Waals surface area contributed by atoms with E-state index in [-0.39, 0.29) is 5.69 Å². The predicted molar refractivity (Wildman–Crippen MR) is 58.8 cm³/mol. The average Bonchev–Trinajstić information content (AvgIpc) is 2.81. The van der Waals surface area contributed by atoms with E-state index in [1.165, 1.54) is 30.8 Å². The summed E-state index contributed by atoms with van der Waals surface area (Å²) in [5.74, 6) is 0.00920. The summed E-state index contributed by atoms with van der Waals surface area (Å²) >= 11 is 1.44. The van der Waals surface area contributed by atoms with Gasteiger partial charge in [0.2, 0.25) is 0 Å². The van der Waals surface area contributed by atoms with Gasteiger partial charge < -0.3 is 10.1 Å². The summed E-state index contributed by atoms with van der Waals surface area (Å²) in [6.45, 7) is 0. The maximum Gasteiger partial charge on any atom is 0.356 e. The molecule has 16 heavy (non-hydrogen) atoms. The van der Waals surface area contributed by atoms with E-state index < -0.39 is 5.97 Å². The Morgan fingerprint density at radius 2 is 2.31 bits per heavy atom. The van der Waals surface area contributed by atoms with Gasteiger partial charge in [-0.1, -0.05) is 0 Å². The number of carbonyl (C=O) groups is 1. The van der Waals surface area contributed by atoms with Crippen LogP contribution in [-0.4, -0.2) is 28.0 Å². The normalized spacial score (nSPS) is 9.81. The van der Waals surface area contributed by atoms with Crippen molar-refractivity contribution in [1.82, 2.24) is 15.0 Å². The molecule has 6 nitrogen and oxygen atoms in total. The van der Waals surface area contributed by atoms with Crippen LogP contribution >= 0.6 is 11.3 Å². The summed E-state index contributed by atoms with van der Waals surface area (Å²) in [5.41, 5.74) is 0.205. The van der Waals surface area contributed by atoms with E-state index >= 15 is 0 Å². The molecule has 0 radical (unpaired) electrons. The number of esters is 1. The van der Waals surface area contributed by atoms with Crippen molar-refractivity contribution in [2.45, 2.75) is 0 Å². The molecule has 82 valence electrons. The quantitative estimate of drug-likeness (QED) is 0.813. The van der Waals surface area contributed by atoms with Crippen LogP contribution in [-0.2, 0) is 4.74 Å². The van der Waals surface area contributed by atoms with Gasteiger partial charge in [0.05, 0.1) is 7.11 Å². The average molecular weight is 236 g/mol. The second-order valence-electron chi connectivity index (χ2n) is 2.74. The van der Waals surface area contributed by atoms with Gasteiger partial charge in [-0.3, -0.25) is 0 Å². The van der Waals surface area contributed by atoms with Gasteiger partial charge in [-0.2, -0.15) is 0 Å². The highest BCUT2D eigenvalue weighted by Crippen LogP contribution is 2.16. The number of nitrogens with one attached hydrogen (secondary N) is 1. The van der Waals surface area contributed by atoms with Crippen molar-refractivity contribution in [3.63, 3.8) is 0 Å². The molecule has 0 aliphatic carbocycles. The summed E-state index contributed by atoms with van der Waals surface area (Å²) in [5, 5.41) is 5.49. The van der Waals surface area contributed by atoms with Crippen LogP contribution in [0.25, 0.3) is 0 Å². The molecule has 7 heteroatoms. The molecule has 2 aromatic rings. The second-order valence-corrected chi connectivity index (χ2v) is 3.64. The molecule has 0 amide bonds. The summed E-state index contributed by atoms with van der Waals surface area (Å²) < 4.78 is 4.56. The summed E-state index contributed by atoms with van der Waals surface area (Å²) in [6, 6.07) is 1.51. The van der Waals surface area contributed by atoms with E-state index in [1.807, 2.05) is 5.38 Å². The van der Waals surface area contributed by atoms with Crippen LogP contribution in [0.4, 0.5) is 10.9 Å². The molecule has 1 N–H and O–H groups in total. The van der Waals surface area contributed by atoms with E-state index in [4.69, 9.17) is 0 Å². The van der Waals surface area contributed by atoms with Crippen LogP contribution in [0.5, 0.6) is 0 Å². The maximum atomic E-state index is 11.2. The lowest BCUT2D eigenvalue weighted by molar-refractivity contribution is 0.0594. The van der Waals surface area contributed by atoms with Crippen LogP contribution in [0.15, 0.2) is 24.0 Å². The lowest BCUT2D eigenvalue weighted by Crippen LogP contribution is -2.05. The van der Waals surface area contributed by atoms with Gasteiger partial charge in [-0.15, -0.1) is 11.3 Å². The van der Waals surface area contributed by atoms with Gasteiger partial charge in [0.15, 0.2) is 10.8 Å². The lowest BCUT2D eigenvalue weighted by atomic mass is 10.4. The van der Waals surface area contributed by atoms with Crippen LogP contribution in [0.3, 0.4) is 0 Å². The monoisotopic (exact) mass is 236 g/mol. The van der Waals surface area contributed by atoms with E-state index in [1.54, 1.807) is 6.20 Å². The zero-order chi connectivity index (χ0) is 11.4. The number of aromatic nitrogens is 3. The number of ether oxygens (including phenoxy) is 1. The molecular weight excluding hydrogens is 228 g/mol. The van der Waals surface area contributed by atoms with E-state index in [2.05, 4.69) is 25.0 Å². The van der Waals surface area contributed by atoms with Crippen molar-refractivity contribution in [1.29, 1.82) is 0 Å². The SMILES string of the molecule is COC(=O)c1cc(Nc2nccs2)ncn1. The van der Waals surface area contributed by atoms with Crippen LogP contribution in [0, 0.1) is 0 Å². The van der Waals surface area contributed by atoms with Crippen LogP contribution in [0.2, 0.25) is 0 Å². The van der Waals surface area contributed by atoms with Gasteiger partial charge in [-0.05, 0) is 0 Å². The van der Waals surface area contributed by atoms with Crippen molar-refractivity contribution < 1.29 is 9.53 Å². The molecule has 0 saturated carbocycles. The van der Waals surface area contributed by atoms with E-state index in [0.29, 0.717) is 10.9 Å². The number of hydrogen-bond donors (Lipinski definition) is 1. The Kier molecular flexibility index (Phi) is 3.06. The van der Waals surface area contributed by atoms with Gasteiger partial charge in [-0.25, -0.2) is 19.7 Å². The number of anilines is 2.